The van der Waals surface area contributed by atoms with Gasteiger partial charge in [-0.1, -0.05) is 13.0 Å². The minimum absolute atomic E-state index is 0.779. The molecule has 2 rings (SSSR count). The molecule has 4 heteroatoms. The highest BCUT2D eigenvalue weighted by Gasteiger charge is 2.00. The third-order valence-corrected chi connectivity index (χ3v) is 2.60. The van der Waals surface area contributed by atoms with Gasteiger partial charge in [-0.3, -0.25) is 0 Å². The summed E-state index contributed by atoms with van der Waals surface area (Å²) < 4.78 is 0. The van der Waals surface area contributed by atoms with Crippen LogP contribution in [-0.2, 0) is 6.42 Å². The third-order valence-electron chi connectivity index (χ3n) is 2.60. The van der Waals surface area contributed by atoms with Crippen molar-refractivity contribution in [3.05, 3.63) is 41.9 Å². The topological polar surface area (TPSA) is 63.8 Å². The van der Waals surface area contributed by atoms with Gasteiger partial charge in [0.1, 0.15) is 12.1 Å². The van der Waals surface area contributed by atoms with Crippen molar-refractivity contribution in [2.24, 2.45) is 0 Å². The van der Waals surface area contributed by atoms with E-state index in [4.69, 9.17) is 5.73 Å². The highest BCUT2D eigenvalue weighted by Crippen LogP contribution is 2.21. The largest absolute Gasteiger partial charge is 0.398 e. The van der Waals surface area contributed by atoms with E-state index in [9.17, 15) is 0 Å². The number of nitrogens with two attached hydrogens (primary N) is 1. The van der Waals surface area contributed by atoms with Crippen molar-refractivity contribution in [3.8, 4) is 0 Å². The molecule has 17 heavy (non-hydrogen) atoms. The van der Waals surface area contributed by atoms with Crippen molar-refractivity contribution < 1.29 is 0 Å². The Morgan fingerprint density at radius 2 is 2.06 bits per heavy atom. The predicted octanol–water partition coefficient (Wildman–Crippen LogP) is 2.67. The van der Waals surface area contributed by atoms with Crippen LogP contribution in [0.25, 0.3) is 0 Å². The molecular weight excluding hydrogens is 212 g/mol. The molecule has 1 heterocycles. The van der Waals surface area contributed by atoms with Gasteiger partial charge in [-0.15, -0.1) is 0 Å². The van der Waals surface area contributed by atoms with Gasteiger partial charge in [-0.25, -0.2) is 9.97 Å². The Morgan fingerprint density at radius 3 is 2.71 bits per heavy atom. The number of rotatable bonds is 3. The zero-order chi connectivity index (χ0) is 12.3. The molecule has 1 aromatic carbocycles. The minimum Gasteiger partial charge on any atom is -0.398 e. The molecular formula is C13H16N4. The summed E-state index contributed by atoms with van der Waals surface area (Å²) in [4.78, 5) is 8.19. The standard InChI is InChI=1S/C13H16N4/c1-3-10-4-5-11(7-12(10)14)17-13-6-9(2)15-8-16-13/h4-8H,3,14H2,1-2H3,(H,15,16,17). The highest BCUT2D eigenvalue weighted by atomic mass is 15.0. The highest BCUT2D eigenvalue weighted by molar-refractivity contribution is 5.63. The predicted molar refractivity (Wildman–Crippen MR) is 70.3 cm³/mol. The molecule has 0 aliphatic carbocycles. The summed E-state index contributed by atoms with van der Waals surface area (Å²) >= 11 is 0. The first-order valence-corrected chi connectivity index (χ1v) is 5.63. The second-order valence-electron chi connectivity index (χ2n) is 3.94. The van der Waals surface area contributed by atoms with E-state index >= 15 is 0 Å². The van der Waals surface area contributed by atoms with Gasteiger partial charge >= 0.3 is 0 Å². The molecule has 0 spiro atoms. The Hall–Kier alpha value is -2.10. The van der Waals surface area contributed by atoms with E-state index < -0.39 is 0 Å². The van der Waals surface area contributed by atoms with Crippen LogP contribution >= 0.6 is 0 Å². The van der Waals surface area contributed by atoms with Crippen LogP contribution < -0.4 is 11.1 Å². The number of aryl methyl sites for hydroxylation is 2. The minimum atomic E-state index is 0.779. The van der Waals surface area contributed by atoms with Crippen LogP contribution in [-0.4, -0.2) is 9.97 Å². The van der Waals surface area contributed by atoms with E-state index in [2.05, 4.69) is 22.2 Å². The number of hydrogen-bond acceptors (Lipinski definition) is 4. The second-order valence-corrected chi connectivity index (χ2v) is 3.94. The number of benzene rings is 1. The Morgan fingerprint density at radius 1 is 1.24 bits per heavy atom. The van der Waals surface area contributed by atoms with Gasteiger partial charge in [-0.2, -0.15) is 0 Å². The van der Waals surface area contributed by atoms with E-state index in [0.717, 1.165) is 34.9 Å². The molecule has 0 saturated heterocycles. The molecule has 88 valence electrons. The first-order chi connectivity index (χ1) is 8.19. The summed E-state index contributed by atoms with van der Waals surface area (Å²) in [5.41, 5.74) is 9.79. The SMILES string of the molecule is CCc1ccc(Nc2cc(C)ncn2)cc1N. The number of anilines is 3. The molecule has 0 saturated carbocycles. The van der Waals surface area contributed by atoms with Crippen molar-refractivity contribution in [2.45, 2.75) is 20.3 Å². The molecule has 0 fully saturated rings. The van der Waals surface area contributed by atoms with E-state index in [-0.39, 0.29) is 0 Å². The maximum absolute atomic E-state index is 5.94. The molecule has 0 aliphatic rings. The van der Waals surface area contributed by atoms with Crippen molar-refractivity contribution in [2.75, 3.05) is 11.1 Å². The van der Waals surface area contributed by atoms with E-state index in [1.807, 2.05) is 31.2 Å². The molecule has 2 aromatic rings. The molecule has 1 aromatic heterocycles. The van der Waals surface area contributed by atoms with Crippen molar-refractivity contribution >= 4 is 17.2 Å². The number of hydrogen-bond donors (Lipinski definition) is 2. The van der Waals surface area contributed by atoms with Crippen molar-refractivity contribution in [3.63, 3.8) is 0 Å². The Balaban J connectivity index is 2.22. The Labute approximate surface area is 101 Å². The summed E-state index contributed by atoms with van der Waals surface area (Å²) in [6, 6.07) is 7.86. The quantitative estimate of drug-likeness (QED) is 0.793. The van der Waals surface area contributed by atoms with Crippen LogP contribution in [0.4, 0.5) is 17.2 Å². The van der Waals surface area contributed by atoms with Crippen LogP contribution in [0.15, 0.2) is 30.6 Å². The van der Waals surface area contributed by atoms with Gasteiger partial charge < -0.3 is 11.1 Å². The maximum Gasteiger partial charge on any atom is 0.133 e. The molecule has 3 N–H and O–H groups in total. The first-order valence-electron chi connectivity index (χ1n) is 5.63. The van der Waals surface area contributed by atoms with Crippen LogP contribution in [0.2, 0.25) is 0 Å². The molecule has 0 unspecified atom stereocenters. The fourth-order valence-corrected chi connectivity index (χ4v) is 1.67. The van der Waals surface area contributed by atoms with Crippen LogP contribution in [0.5, 0.6) is 0 Å². The Kier molecular flexibility index (Phi) is 3.23. The first kappa shape index (κ1) is 11.4. The van der Waals surface area contributed by atoms with Crippen LogP contribution in [0, 0.1) is 6.92 Å². The number of nitrogens with one attached hydrogen (secondary N) is 1. The lowest BCUT2D eigenvalue weighted by atomic mass is 10.1. The Bertz CT molecular complexity index is 523. The number of nitrogens with zero attached hydrogens (tertiary/aromatic N) is 2. The lowest BCUT2D eigenvalue weighted by Crippen LogP contribution is -1.98. The van der Waals surface area contributed by atoms with Gasteiger partial charge in [0.25, 0.3) is 0 Å². The monoisotopic (exact) mass is 228 g/mol. The molecule has 0 atom stereocenters. The van der Waals surface area contributed by atoms with Crippen molar-refractivity contribution in [1.82, 2.24) is 9.97 Å². The number of nitrogen functional groups attached to an aromatic ring is 1. The lowest BCUT2D eigenvalue weighted by molar-refractivity contribution is 1.10. The molecule has 0 bridgehead atoms. The van der Waals surface area contributed by atoms with Gasteiger partial charge in [-0.05, 0) is 31.0 Å². The normalized spacial score (nSPS) is 10.2. The van der Waals surface area contributed by atoms with Gasteiger partial charge in [0.05, 0.1) is 0 Å². The summed E-state index contributed by atoms with van der Waals surface area (Å²) in [6.07, 6.45) is 2.49. The van der Waals surface area contributed by atoms with Crippen LogP contribution in [0.1, 0.15) is 18.2 Å². The van der Waals surface area contributed by atoms with Gasteiger partial charge in [0.2, 0.25) is 0 Å². The van der Waals surface area contributed by atoms with Crippen molar-refractivity contribution in [1.29, 1.82) is 0 Å². The second kappa shape index (κ2) is 4.82. The van der Waals surface area contributed by atoms with E-state index in [0.29, 0.717) is 0 Å². The summed E-state index contributed by atoms with van der Waals surface area (Å²) in [6.45, 7) is 4.02. The van der Waals surface area contributed by atoms with E-state index in [1.54, 1.807) is 6.33 Å². The molecule has 0 radical (unpaired) electrons. The molecule has 0 amide bonds. The average Bonchev–Trinajstić information content (AvgIpc) is 2.29. The fourth-order valence-electron chi connectivity index (χ4n) is 1.67. The molecule has 4 nitrogen and oxygen atoms in total. The zero-order valence-corrected chi connectivity index (χ0v) is 10.1. The van der Waals surface area contributed by atoms with Gasteiger partial charge in [0.15, 0.2) is 0 Å². The van der Waals surface area contributed by atoms with Gasteiger partial charge in [0, 0.05) is 23.1 Å². The summed E-state index contributed by atoms with van der Waals surface area (Å²) in [5, 5.41) is 3.21. The number of aromatic nitrogens is 2. The lowest BCUT2D eigenvalue weighted by Gasteiger charge is -2.09. The van der Waals surface area contributed by atoms with Crippen LogP contribution in [0.3, 0.4) is 0 Å². The molecule has 0 aliphatic heterocycles. The average molecular weight is 228 g/mol. The maximum atomic E-state index is 5.94. The fraction of sp³-hybridized carbons (Fsp3) is 0.231. The summed E-state index contributed by atoms with van der Waals surface area (Å²) in [7, 11) is 0. The zero-order valence-electron chi connectivity index (χ0n) is 10.1. The summed E-state index contributed by atoms with van der Waals surface area (Å²) in [5.74, 6) is 0.779. The smallest absolute Gasteiger partial charge is 0.133 e. The third kappa shape index (κ3) is 2.72. The van der Waals surface area contributed by atoms with E-state index in [1.165, 1.54) is 0 Å².